The Morgan fingerprint density at radius 1 is 1.16 bits per heavy atom. The van der Waals surface area contributed by atoms with Gasteiger partial charge in [0.2, 0.25) is 10.0 Å². The van der Waals surface area contributed by atoms with E-state index in [-0.39, 0.29) is 16.6 Å². The molecule has 1 aliphatic heterocycles. The van der Waals surface area contributed by atoms with Crippen molar-refractivity contribution < 1.29 is 13.3 Å². The number of anilines is 1. The van der Waals surface area contributed by atoms with Crippen LogP contribution in [0.15, 0.2) is 53.4 Å². The Morgan fingerprint density at radius 3 is 2.60 bits per heavy atom. The summed E-state index contributed by atoms with van der Waals surface area (Å²) in [5.74, 6) is 0. The Hall–Kier alpha value is -2.45. The SMILES string of the molecule is O=[N+]([O-])c1ccc(S(=O)(=O)NCCC2CCc3ccccc3N2)cc1. The largest absolute Gasteiger partial charge is 0.382 e. The minimum absolute atomic E-state index is 0.0278. The molecule has 0 spiro atoms. The van der Waals surface area contributed by atoms with E-state index >= 15 is 0 Å². The lowest BCUT2D eigenvalue weighted by Crippen LogP contribution is -2.32. The number of rotatable bonds is 6. The highest BCUT2D eigenvalue weighted by Crippen LogP contribution is 2.25. The summed E-state index contributed by atoms with van der Waals surface area (Å²) < 4.78 is 27.1. The molecule has 0 aromatic heterocycles. The molecule has 1 atom stereocenters. The molecule has 0 saturated carbocycles. The fourth-order valence-electron chi connectivity index (χ4n) is 2.92. The van der Waals surface area contributed by atoms with Gasteiger partial charge in [0.25, 0.3) is 5.69 Å². The summed E-state index contributed by atoms with van der Waals surface area (Å²) in [5.41, 5.74) is 2.26. The molecular weight excluding hydrogens is 342 g/mol. The second-order valence-corrected chi connectivity index (χ2v) is 7.74. The van der Waals surface area contributed by atoms with Crippen molar-refractivity contribution in [3.05, 3.63) is 64.2 Å². The van der Waals surface area contributed by atoms with Gasteiger partial charge in [-0.2, -0.15) is 0 Å². The smallest absolute Gasteiger partial charge is 0.269 e. The first kappa shape index (κ1) is 17.4. The van der Waals surface area contributed by atoms with Gasteiger partial charge in [0.15, 0.2) is 0 Å². The average Bonchev–Trinajstić information content (AvgIpc) is 2.61. The Bertz CT molecular complexity index is 866. The van der Waals surface area contributed by atoms with Crippen LogP contribution in [0.1, 0.15) is 18.4 Å². The highest BCUT2D eigenvalue weighted by atomic mass is 32.2. The van der Waals surface area contributed by atoms with Crippen LogP contribution in [0.25, 0.3) is 0 Å². The molecule has 0 bridgehead atoms. The molecule has 0 amide bonds. The van der Waals surface area contributed by atoms with Crippen molar-refractivity contribution in [1.82, 2.24) is 4.72 Å². The van der Waals surface area contributed by atoms with E-state index in [2.05, 4.69) is 16.1 Å². The summed E-state index contributed by atoms with van der Waals surface area (Å²) in [7, 11) is -3.66. The topological polar surface area (TPSA) is 101 Å². The first-order chi connectivity index (χ1) is 12.0. The predicted octanol–water partition coefficient (Wildman–Crippen LogP) is 2.69. The highest BCUT2D eigenvalue weighted by Gasteiger charge is 2.19. The third-order valence-corrected chi connectivity index (χ3v) is 5.76. The Morgan fingerprint density at radius 2 is 1.88 bits per heavy atom. The number of aryl methyl sites for hydroxylation is 1. The maximum absolute atomic E-state index is 12.3. The quantitative estimate of drug-likeness (QED) is 0.608. The maximum atomic E-state index is 12.3. The van der Waals surface area contributed by atoms with Crippen LogP contribution >= 0.6 is 0 Å². The molecule has 0 fully saturated rings. The lowest BCUT2D eigenvalue weighted by molar-refractivity contribution is -0.384. The average molecular weight is 361 g/mol. The number of nitro groups is 1. The number of nitro benzene ring substituents is 1. The second-order valence-electron chi connectivity index (χ2n) is 5.97. The van der Waals surface area contributed by atoms with E-state index < -0.39 is 14.9 Å². The van der Waals surface area contributed by atoms with Crippen LogP contribution in [0.4, 0.5) is 11.4 Å². The summed E-state index contributed by atoms with van der Waals surface area (Å²) in [6.07, 6.45) is 2.60. The summed E-state index contributed by atoms with van der Waals surface area (Å²) in [6.45, 7) is 0.305. The molecule has 3 rings (SSSR count). The molecule has 7 nitrogen and oxygen atoms in total. The molecule has 2 N–H and O–H groups in total. The number of para-hydroxylation sites is 1. The van der Waals surface area contributed by atoms with E-state index in [1.165, 1.54) is 29.8 Å². The predicted molar refractivity (Wildman–Crippen MR) is 95.1 cm³/mol. The summed E-state index contributed by atoms with van der Waals surface area (Å²) in [5, 5.41) is 14.1. The molecule has 0 aliphatic carbocycles. The van der Waals surface area contributed by atoms with Gasteiger partial charge in [0.05, 0.1) is 9.82 Å². The number of nitrogens with zero attached hydrogens (tertiary/aromatic N) is 1. The number of hydrogen-bond acceptors (Lipinski definition) is 5. The minimum Gasteiger partial charge on any atom is -0.382 e. The zero-order valence-electron chi connectivity index (χ0n) is 13.5. The van der Waals surface area contributed by atoms with Gasteiger partial charge in [-0.3, -0.25) is 10.1 Å². The number of benzene rings is 2. The number of sulfonamides is 1. The van der Waals surface area contributed by atoms with E-state index in [0.717, 1.165) is 18.5 Å². The molecule has 2 aromatic carbocycles. The molecule has 2 aromatic rings. The molecule has 1 aliphatic rings. The van der Waals surface area contributed by atoms with E-state index in [9.17, 15) is 18.5 Å². The van der Waals surface area contributed by atoms with E-state index in [1.54, 1.807) is 0 Å². The van der Waals surface area contributed by atoms with Crippen molar-refractivity contribution in [2.24, 2.45) is 0 Å². The monoisotopic (exact) mass is 361 g/mol. The molecule has 132 valence electrons. The zero-order chi connectivity index (χ0) is 17.9. The van der Waals surface area contributed by atoms with Gasteiger partial charge in [-0.25, -0.2) is 13.1 Å². The van der Waals surface area contributed by atoms with E-state index in [0.29, 0.717) is 13.0 Å². The fraction of sp³-hybridized carbons (Fsp3) is 0.294. The Balaban J connectivity index is 1.55. The van der Waals surface area contributed by atoms with Crippen LogP contribution < -0.4 is 10.0 Å². The first-order valence-corrected chi connectivity index (χ1v) is 9.52. The van der Waals surface area contributed by atoms with Crippen molar-refractivity contribution in [2.75, 3.05) is 11.9 Å². The normalized spacial score (nSPS) is 16.7. The van der Waals surface area contributed by atoms with Crippen LogP contribution in [0.3, 0.4) is 0 Å². The van der Waals surface area contributed by atoms with Crippen LogP contribution in [0, 0.1) is 10.1 Å². The van der Waals surface area contributed by atoms with Crippen LogP contribution in [-0.2, 0) is 16.4 Å². The molecule has 25 heavy (non-hydrogen) atoms. The lowest BCUT2D eigenvalue weighted by Gasteiger charge is -2.27. The van der Waals surface area contributed by atoms with Crippen LogP contribution in [-0.4, -0.2) is 25.9 Å². The van der Waals surface area contributed by atoms with Crippen molar-refractivity contribution >= 4 is 21.4 Å². The fourth-order valence-corrected chi connectivity index (χ4v) is 3.96. The molecule has 0 radical (unpaired) electrons. The van der Waals surface area contributed by atoms with E-state index in [4.69, 9.17) is 0 Å². The van der Waals surface area contributed by atoms with Crippen molar-refractivity contribution in [1.29, 1.82) is 0 Å². The summed E-state index contributed by atoms with van der Waals surface area (Å²) in [6, 6.07) is 13.2. The molecular formula is C17H19N3O4S. The van der Waals surface area contributed by atoms with Gasteiger partial charge in [-0.05, 0) is 43.0 Å². The third kappa shape index (κ3) is 4.15. The van der Waals surface area contributed by atoms with Gasteiger partial charge in [-0.1, -0.05) is 18.2 Å². The first-order valence-electron chi connectivity index (χ1n) is 8.04. The van der Waals surface area contributed by atoms with Gasteiger partial charge >= 0.3 is 0 Å². The van der Waals surface area contributed by atoms with Crippen molar-refractivity contribution in [2.45, 2.75) is 30.2 Å². The molecule has 8 heteroatoms. The van der Waals surface area contributed by atoms with Crippen molar-refractivity contribution in [3.8, 4) is 0 Å². The molecule has 1 heterocycles. The van der Waals surface area contributed by atoms with Gasteiger partial charge in [-0.15, -0.1) is 0 Å². The molecule has 1 unspecified atom stereocenters. The maximum Gasteiger partial charge on any atom is 0.269 e. The van der Waals surface area contributed by atoms with E-state index in [1.807, 2.05) is 18.2 Å². The van der Waals surface area contributed by atoms with Crippen LogP contribution in [0.5, 0.6) is 0 Å². The van der Waals surface area contributed by atoms with Gasteiger partial charge < -0.3 is 5.32 Å². The standard InChI is InChI=1S/C17H19N3O4S/c21-20(22)15-7-9-16(10-8-15)25(23,24)18-12-11-14-6-5-13-3-1-2-4-17(13)19-14/h1-4,7-10,14,18-19H,5-6,11-12H2. The zero-order valence-corrected chi connectivity index (χ0v) is 14.3. The number of fused-ring (bicyclic) bond motifs is 1. The van der Waals surface area contributed by atoms with Crippen molar-refractivity contribution in [3.63, 3.8) is 0 Å². The minimum atomic E-state index is -3.66. The number of hydrogen-bond donors (Lipinski definition) is 2. The Labute approximate surface area is 146 Å². The second kappa shape index (κ2) is 7.20. The summed E-state index contributed by atoms with van der Waals surface area (Å²) >= 11 is 0. The molecule has 0 saturated heterocycles. The highest BCUT2D eigenvalue weighted by molar-refractivity contribution is 7.89. The summed E-state index contributed by atoms with van der Waals surface area (Å²) in [4.78, 5) is 10.1. The number of nitrogens with one attached hydrogen (secondary N) is 2. The number of non-ortho nitro benzene ring substituents is 1. The third-order valence-electron chi connectivity index (χ3n) is 4.28. The Kier molecular flexibility index (Phi) is 5.00. The van der Waals surface area contributed by atoms with Crippen LogP contribution in [0.2, 0.25) is 0 Å². The van der Waals surface area contributed by atoms with Gasteiger partial charge in [0.1, 0.15) is 0 Å². The van der Waals surface area contributed by atoms with Gasteiger partial charge in [0, 0.05) is 30.4 Å². The lowest BCUT2D eigenvalue weighted by atomic mass is 9.96.